The highest BCUT2D eigenvalue weighted by molar-refractivity contribution is 5.96. The van der Waals surface area contributed by atoms with E-state index in [4.69, 9.17) is 0 Å². The molecule has 0 spiro atoms. The van der Waals surface area contributed by atoms with Gasteiger partial charge in [-0.2, -0.15) is 0 Å². The van der Waals surface area contributed by atoms with E-state index in [1.807, 2.05) is 13.8 Å². The van der Waals surface area contributed by atoms with Crippen LogP contribution in [0.4, 0.5) is 0 Å². The maximum absolute atomic E-state index is 11.4. The van der Waals surface area contributed by atoms with Crippen LogP contribution in [0.1, 0.15) is 42.3 Å². The molecule has 0 fully saturated rings. The molecule has 2 nitrogen and oxygen atoms in total. The maximum Gasteiger partial charge on any atom is 0.160 e. The van der Waals surface area contributed by atoms with Gasteiger partial charge in [-0.25, -0.2) is 0 Å². The van der Waals surface area contributed by atoms with Gasteiger partial charge in [0.15, 0.2) is 5.78 Å². The van der Waals surface area contributed by atoms with Crippen LogP contribution in [-0.2, 0) is 12.8 Å². The van der Waals surface area contributed by atoms with E-state index in [2.05, 4.69) is 4.98 Å². The minimum Gasteiger partial charge on any atom is -0.294 e. The van der Waals surface area contributed by atoms with Crippen LogP contribution in [0.2, 0.25) is 0 Å². The van der Waals surface area contributed by atoms with Gasteiger partial charge in [0.05, 0.1) is 0 Å². The number of hydrogen-bond acceptors (Lipinski definition) is 2. The highest BCUT2D eigenvalue weighted by Crippen LogP contribution is 2.15. The number of carbonyl (C=O) groups excluding carboxylic acids is 1. The van der Waals surface area contributed by atoms with Crippen LogP contribution in [0.5, 0.6) is 0 Å². The van der Waals surface area contributed by atoms with Crippen molar-refractivity contribution < 1.29 is 4.79 Å². The fourth-order valence-corrected chi connectivity index (χ4v) is 1.54. The molecule has 1 aromatic heterocycles. The zero-order valence-electron chi connectivity index (χ0n) is 8.42. The SMILES string of the molecule is CCc1cncc(CC)c1C(C)=O. The Morgan fingerprint density at radius 2 is 1.69 bits per heavy atom. The topological polar surface area (TPSA) is 30.0 Å². The van der Waals surface area contributed by atoms with Crippen LogP contribution < -0.4 is 0 Å². The first kappa shape index (κ1) is 9.90. The van der Waals surface area contributed by atoms with E-state index in [0.29, 0.717) is 0 Å². The van der Waals surface area contributed by atoms with Crippen molar-refractivity contribution in [2.45, 2.75) is 33.6 Å². The monoisotopic (exact) mass is 177 g/mol. The van der Waals surface area contributed by atoms with Gasteiger partial charge in [-0.3, -0.25) is 9.78 Å². The lowest BCUT2D eigenvalue weighted by molar-refractivity contribution is 0.101. The molecule has 0 bridgehead atoms. The second-order valence-electron chi connectivity index (χ2n) is 3.10. The Morgan fingerprint density at radius 1 is 1.23 bits per heavy atom. The summed E-state index contributed by atoms with van der Waals surface area (Å²) in [6.07, 6.45) is 5.32. The molecule has 0 atom stereocenters. The third-order valence-electron chi connectivity index (χ3n) is 2.22. The second-order valence-corrected chi connectivity index (χ2v) is 3.10. The van der Waals surface area contributed by atoms with E-state index in [1.165, 1.54) is 0 Å². The van der Waals surface area contributed by atoms with Crippen molar-refractivity contribution in [2.24, 2.45) is 0 Å². The first-order chi connectivity index (χ1) is 6.20. The van der Waals surface area contributed by atoms with Crippen molar-refractivity contribution in [1.82, 2.24) is 4.98 Å². The number of nitrogens with zero attached hydrogens (tertiary/aromatic N) is 1. The standard InChI is InChI=1S/C11H15NO/c1-4-9-6-12-7-10(5-2)11(9)8(3)13/h6-7H,4-5H2,1-3H3. The lowest BCUT2D eigenvalue weighted by Gasteiger charge is -2.08. The summed E-state index contributed by atoms with van der Waals surface area (Å²) in [6, 6.07) is 0. The minimum absolute atomic E-state index is 0.149. The first-order valence-electron chi connectivity index (χ1n) is 4.67. The average Bonchev–Trinajstić information content (AvgIpc) is 2.16. The summed E-state index contributed by atoms with van der Waals surface area (Å²) in [5.74, 6) is 0.149. The van der Waals surface area contributed by atoms with E-state index < -0.39 is 0 Å². The van der Waals surface area contributed by atoms with E-state index in [-0.39, 0.29) is 5.78 Å². The molecule has 0 radical (unpaired) electrons. The number of aryl methyl sites for hydroxylation is 2. The molecule has 70 valence electrons. The Hall–Kier alpha value is -1.18. The minimum atomic E-state index is 0.149. The Kier molecular flexibility index (Phi) is 3.18. The lowest BCUT2D eigenvalue weighted by Crippen LogP contribution is -2.04. The second kappa shape index (κ2) is 4.17. The number of carbonyl (C=O) groups is 1. The third kappa shape index (κ3) is 1.94. The molecular weight excluding hydrogens is 162 g/mol. The largest absolute Gasteiger partial charge is 0.294 e. The molecule has 1 heterocycles. The molecule has 0 aliphatic rings. The Bertz CT molecular complexity index is 296. The number of Topliss-reactive ketones (excluding diaryl/α,β-unsaturated/α-hetero) is 1. The van der Waals surface area contributed by atoms with E-state index in [0.717, 1.165) is 29.5 Å². The van der Waals surface area contributed by atoms with Gasteiger partial charge in [0.2, 0.25) is 0 Å². The molecule has 2 heteroatoms. The summed E-state index contributed by atoms with van der Waals surface area (Å²) >= 11 is 0. The lowest BCUT2D eigenvalue weighted by atomic mass is 9.98. The van der Waals surface area contributed by atoms with Crippen LogP contribution >= 0.6 is 0 Å². The summed E-state index contributed by atoms with van der Waals surface area (Å²) in [5.41, 5.74) is 3.00. The number of ketones is 1. The van der Waals surface area contributed by atoms with Crippen molar-refractivity contribution in [1.29, 1.82) is 0 Å². The van der Waals surface area contributed by atoms with Gasteiger partial charge in [-0.1, -0.05) is 13.8 Å². The summed E-state index contributed by atoms with van der Waals surface area (Å²) in [4.78, 5) is 15.5. The highest BCUT2D eigenvalue weighted by Gasteiger charge is 2.10. The smallest absolute Gasteiger partial charge is 0.160 e. The van der Waals surface area contributed by atoms with E-state index in [1.54, 1.807) is 19.3 Å². The van der Waals surface area contributed by atoms with Crippen LogP contribution in [-0.4, -0.2) is 10.8 Å². The number of aromatic nitrogens is 1. The van der Waals surface area contributed by atoms with Gasteiger partial charge < -0.3 is 0 Å². The zero-order valence-corrected chi connectivity index (χ0v) is 8.42. The highest BCUT2D eigenvalue weighted by atomic mass is 16.1. The third-order valence-corrected chi connectivity index (χ3v) is 2.22. The Morgan fingerprint density at radius 3 is 2.00 bits per heavy atom. The molecule has 1 aromatic rings. The van der Waals surface area contributed by atoms with E-state index in [9.17, 15) is 4.79 Å². The number of rotatable bonds is 3. The summed E-state index contributed by atoms with van der Waals surface area (Å²) in [7, 11) is 0. The van der Waals surface area contributed by atoms with Crippen LogP contribution in [0, 0.1) is 0 Å². The Labute approximate surface area is 79.0 Å². The fourth-order valence-electron chi connectivity index (χ4n) is 1.54. The van der Waals surface area contributed by atoms with Crippen molar-refractivity contribution in [3.63, 3.8) is 0 Å². The Balaban J connectivity index is 3.29. The summed E-state index contributed by atoms with van der Waals surface area (Å²) < 4.78 is 0. The van der Waals surface area contributed by atoms with Crippen LogP contribution in [0.3, 0.4) is 0 Å². The number of pyridine rings is 1. The van der Waals surface area contributed by atoms with Crippen molar-refractivity contribution in [2.75, 3.05) is 0 Å². The van der Waals surface area contributed by atoms with Crippen LogP contribution in [0.25, 0.3) is 0 Å². The molecule has 0 aromatic carbocycles. The molecule has 1 rings (SSSR count). The fraction of sp³-hybridized carbons (Fsp3) is 0.455. The molecule has 0 aliphatic heterocycles. The molecule has 0 amide bonds. The quantitative estimate of drug-likeness (QED) is 0.663. The van der Waals surface area contributed by atoms with Crippen molar-refractivity contribution in [3.05, 3.63) is 29.1 Å². The zero-order chi connectivity index (χ0) is 9.84. The van der Waals surface area contributed by atoms with Gasteiger partial charge in [-0.15, -0.1) is 0 Å². The van der Waals surface area contributed by atoms with Crippen LogP contribution in [0.15, 0.2) is 12.4 Å². The molecule has 0 unspecified atom stereocenters. The molecule has 0 aliphatic carbocycles. The van der Waals surface area contributed by atoms with Gasteiger partial charge in [0, 0.05) is 18.0 Å². The van der Waals surface area contributed by atoms with Gasteiger partial charge in [-0.05, 0) is 30.9 Å². The molecule has 0 N–H and O–H groups in total. The molecular formula is C11H15NO. The normalized spacial score (nSPS) is 10.1. The van der Waals surface area contributed by atoms with Crippen molar-refractivity contribution >= 4 is 5.78 Å². The van der Waals surface area contributed by atoms with Crippen molar-refractivity contribution in [3.8, 4) is 0 Å². The molecule has 0 saturated carbocycles. The molecule has 13 heavy (non-hydrogen) atoms. The maximum atomic E-state index is 11.4. The first-order valence-corrected chi connectivity index (χ1v) is 4.67. The molecule has 0 saturated heterocycles. The van der Waals surface area contributed by atoms with Gasteiger partial charge in [0.25, 0.3) is 0 Å². The van der Waals surface area contributed by atoms with E-state index >= 15 is 0 Å². The van der Waals surface area contributed by atoms with Gasteiger partial charge >= 0.3 is 0 Å². The number of hydrogen-bond donors (Lipinski definition) is 0. The summed E-state index contributed by atoms with van der Waals surface area (Å²) in [6.45, 7) is 5.71. The predicted octanol–water partition coefficient (Wildman–Crippen LogP) is 2.41. The predicted molar refractivity (Wildman–Crippen MR) is 53.0 cm³/mol. The average molecular weight is 177 g/mol. The summed E-state index contributed by atoms with van der Waals surface area (Å²) in [5, 5.41) is 0. The van der Waals surface area contributed by atoms with Gasteiger partial charge in [0.1, 0.15) is 0 Å².